The van der Waals surface area contributed by atoms with E-state index < -0.39 is 0 Å². The quantitative estimate of drug-likeness (QED) is 0.846. The highest BCUT2D eigenvalue weighted by Crippen LogP contribution is 2.36. The molecule has 17 heavy (non-hydrogen) atoms. The molecule has 2 N–H and O–H groups in total. The van der Waals surface area contributed by atoms with Crippen molar-refractivity contribution in [2.45, 2.75) is 25.2 Å². The number of rotatable bonds is 2. The first kappa shape index (κ1) is 10.3. The molecule has 86 valence electrons. The number of nitrogens with zero attached hydrogens (tertiary/aromatic N) is 1. The van der Waals surface area contributed by atoms with E-state index in [1.807, 2.05) is 12.1 Å². The van der Waals surface area contributed by atoms with E-state index in [1.165, 1.54) is 30.4 Å². The van der Waals surface area contributed by atoms with E-state index >= 15 is 0 Å². The molecule has 2 nitrogen and oxygen atoms in total. The van der Waals surface area contributed by atoms with Crippen molar-refractivity contribution < 1.29 is 0 Å². The van der Waals surface area contributed by atoms with Crippen LogP contribution in [0.1, 0.15) is 30.7 Å². The molecule has 1 fully saturated rings. The lowest BCUT2D eigenvalue weighted by atomic mass is 9.80. The van der Waals surface area contributed by atoms with Gasteiger partial charge in [0.15, 0.2) is 0 Å². The molecule has 3 rings (SSSR count). The van der Waals surface area contributed by atoms with Crippen LogP contribution in [-0.4, -0.2) is 4.98 Å². The second kappa shape index (κ2) is 4.21. The van der Waals surface area contributed by atoms with Gasteiger partial charge in [-0.1, -0.05) is 30.7 Å². The van der Waals surface area contributed by atoms with Crippen molar-refractivity contribution in [2.75, 3.05) is 5.73 Å². The van der Waals surface area contributed by atoms with Crippen molar-refractivity contribution in [1.29, 1.82) is 0 Å². The lowest BCUT2D eigenvalue weighted by Gasteiger charge is -2.25. The maximum Gasteiger partial charge on any atom is 0.123 e. The Kier molecular flexibility index (Phi) is 2.56. The maximum atomic E-state index is 5.69. The summed E-state index contributed by atoms with van der Waals surface area (Å²) < 4.78 is 0. The topological polar surface area (TPSA) is 38.9 Å². The summed E-state index contributed by atoms with van der Waals surface area (Å²) >= 11 is 0. The Bertz CT molecular complexity index is 513. The van der Waals surface area contributed by atoms with E-state index in [2.05, 4.69) is 29.2 Å². The van der Waals surface area contributed by atoms with Crippen LogP contribution < -0.4 is 5.73 Å². The van der Waals surface area contributed by atoms with Gasteiger partial charge in [-0.3, -0.25) is 0 Å². The summed E-state index contributed by atoms with van der Waals surface area (Å²) in [7, 11) is 0. The highest BCUT2D eigenvalue weighted by molar-refractivity contribution is 5.65. The summed E-state index contributed by atoms with van der Waals surface area (Å²) in [6.45, 7) is 0. The number of hydrogen-bond donors (Lipinski definition) is 1. The van der Waals surface area contributed by atoms with Crippen LogP contribution in [0.25, 0.3) is 11.1 Å². The van der Waals surface area contributed by atoms with E-state index in [0.717, 1.165) is 11.5 Å². The van der Waals surface area contributed by atoms with Gasteiger partial charge in [0.2, 0.25) is 0 Å². The molecule has 0 saturated heterocycles. The molecular weight excluding hydrogens is 208 g/mol. The van der Waals surface area contributed by atoms with Crippen LogP contribution in [-0.2, 0) is 0 Å². The monoisotopic (exact) mass is 224 g/mol. The van der Waals surface area contributed by atoms with Gasteiger partial charge in [-0.05, 0) is 47.6 Å². The van der Waals surface area contributed by atoms with Gasteiger partial charge < -0.3 is 5.73 Å². The Hall–Kier alpha value is -1.83. The molecule has 1 aliphatic rings. The summed E-state index contributed by atoms with van der Waals surface area (Å²) in [4.78, 5) is 4.01. The summed E-state index contributed by atoms with van der Waals surface area (Å²) in [6.07, 6.45) is 5.83. The molecule has 0 atom stereocenters. The van der Waals surface area contributed by atoms with E-state index in [-0.39, 0.29) is 0 Å². The van der Waals surface area contributed by atoms with Crippen molar-refractivity contribution in [2.24, 2.45) is 0 Å². The SMILES string of the molecule is Nc1cc(-c2ccc(C3CCC3)cc2)ccn1. The van der Waals surface area contributed by atoms with Crippen LogP contribution in [0, 0.1) is 0 Å². The number of pyridine rings is 1. The van der Waals surface area contributed by atoms with Crippen molar-refractivity contribution in [3.05, 3.63) is 48.2 Å². The van der Waals surface area contributed by atoms with Gasteiger partial charge in [0.1, 0.15) is 5.82 Å². The van der Waals surface area contributed by atoms with Crippen LogP contribution in [0.3, 0.4) is 0 Å². The van der Waals surface area contributed by atoms with Crippen LogP contribution >= 0.6 is 0 Å². The van der Waals surface area contributed by atoms with Gasteiger partial charge in [0.25, 0.3) is 0 Å². The molecule has 1 aromatic heterocycles. The third-order valence-electron chi connectivity index (χ3n) is 3.60. The zero-order chi connectivity index (χ0) is 11.7. The van der Waals surface area contributed by atoms with Crippen molar-refractivity contribution in [1.82, 2.24) is 4.98 Å². The molecule has 2 aromatic rings. The first-order chi connectivity index (χ1) is 8.33. The van der Waals surface area contributed by atoms with Crippen LogP contribution in [0.5, 0.6) is 0 Å². The lowest BCUT2D eigenvalue weighted by Crippen LogP contribution is -2.08. The average molecular weight is 224 g/mol. The summed E-state index contributed by atoms with van der Waals surface area (Å²) in [5.41, 5.74) is 9.51. The van der Waals surface area contributed by atoms with E-state index in [4.69, 9.17) is 5.73 Å². The Morgan fingerprint density at radius 3 is 2.35 bits per heavy atom. The second-order valence-corrected chi connectivity index (χ2v) is 4.72. The Labute approximate surface area is 102 Å². The van der Waals surface area contributed by atoms with Crippen molar-refractivity contribution in [3.8, 4) is 11.1 Å². The molecule has 1 aromatic carbocycles. The zero-order valence-corrected chi connectivity index (χ0v) is 9.76. The first-order valence-electron chi connectivity index (χ1n) is 6.15. The Balaban J connectivity index is 1.88. The largest absolute Gasteiger partial charge is 0.384 e. The van der Waals surface area contributed by atoms with Crippen LogP contribution in [0.2, 0.25) is 0 Å². The minimum Gasteiger partial charge on any atom is -0.384 e. The number of benzene rings is 1. The number of hydrogen-bond acceptors (Lipinski definition) is 2. The van der Waals surface area contributed by atoms with Gasteiger partial charge in [-0.2, -0.15) is 0 Å². The van der Waals surface area contributed by atoms with Crippen molar-refractivity contribution in [3.63, 3.8) is 0 Å². The van der Waals surface area contributed by atoms with Crippen LogP contribution in [0.15, 0.2) is 42.6 Å². The lowest BCUT2D eigenvalue weighted by molar-refractivity contribution is 0.420. The van der Waals surface area contributed by atoms with E-state index in [9.17, 15) is 0 Å². The summed E-state index contributed by atoms with van der Waals surface area (Å²) in [6, 6.07) is 12.8. The predicted octanol–water partition coefficient (Wildman–Crippen LogP) is 3.60. The Morgan fingerprint density at radius 2 is 1.76 bits per heavy atom. The standard InChI is InChI=1S/C15H16N2/c16-15-10-14(8-9-17-15)13-6-4-12(5-7-13)11-2-1-3-11/h4-11H,1-3H2,(H2,16,17). The number of aromatic nitrogens is 1. The third-order valence-corrected chi connectivity index (χ3v) is 3.60. The molecule has 0 amide bonds. The minimum atomic E-state index is 0.575. The fourth-order valence-electron chi connectivity index (χ4n) is 2.32. The fraction of sp³-hybridized carbons (Fsp3) is 0.267. The molecule has 0 radical (unpaired) electrons. The van der Waals surface area contributed by atoms with Gasteiger partial charge in [-0.25, -0.2) is 4.98 Å². The summed E-state index contributed by atoms with van der Waals surface area (Å²) in [5, 5.41) is 0. The minimum absolute atomic E-state index is 0.575. The second-order valence-electron chi connectivity index (χ2n) is 4.72. The molecule has 2 heteroatoms. The average Bonchev–Trinajstić information content (AvgIpc) is 2.28. The Morgan fingerprint density at radius 1 is 1.00 bits per heavy atom. The number of nitrogens with two attached hydrogens (primary N) is 1. The van der Waals surface area contributed by atoms with E-state index in [0.29, 0.717) is 5.82 Å². The fourth-order valence-corrected chi connectivity index (χ4v) is 2.32. The molecule has 0 spiro atoms. The maximum absolute atomic E-state index is 5.69. The van der Waals surface area contributed by atoms with Gasteiger partial charge in [0, 0.05) is 6.20 Å². The van der Waals surface area contributed by atoms with Crippen molar-refractivity contribution >= 4 is 5.82 Å². The molecular formula is C15H16N2. The number of anilines is 1. The first-order valence-corrected chi connectivity index (χ1v) is 6.15. The highest BCUT2D eigenvalue weighted by Gasteiger charge is 2.18. The predicted molar refractivity (Wildman–Crippen MR) is 70.7 cm³/mol. The van der Waals surface area contributed by atoms with Gasteiger partial charge in [0.05, 0.1) is 0 Å². The molecule has 1 aliphatic carbocycles. The molecule has 1 saturated carbocycles. The molecule has 0 unspecified atom stereocenters. The highest BCUT2D eigenvalue weighted by atomic mass is 14.8. The van der Waals surface area contributed by atoms with E-state index in [1.54, 1.807) is 6.20 Å². The zero-order valence-electron chi connectivity index (χ0n) is 9.76. The molecule has 0 bridgehead atoms. The van der Waals surface area contributed by atoms with Crippen LogP contribution in [0.4, 0.5) is 5.82 Å². The number of nitrogen functional groups attached to an aromatic ring is 1. The summed E-state index contributed by atoms with van der Waals surface area (Å²) in [5.74, 6) is 1.37. The molecule has 1 heterocycles. The normalized spacial score (nSPS) is 15.5. The third kappa shape index (κ3) is 2.03. The van der Waals surface area contributed by atoms with Gasteiger partial charge >= 0.3 is 0 Å². The van der Waals surface area contributed by atoms with Gasteiger partial charge in [-0.15, -0.1) is 0 Å². The molecule has 0 aliphatic heterocycles. The smallest absolute Gasteiger partial charge is 0.123 e.